The Balaban J connectivity index is 2.03. The summed E-state index contributed by atoms with van der Waals surface area (Å²) in [4.78, 5) is 0. The van der Waals surface area contributed by atoms with Crippen LogP contribution in [-0.4, -0.2) is 35.6 Å². The molecule has 2 atom stereocenters. The van der Waals surface area contributed by atoms with Crippen LogP contribution in [0.3, 0.4) is 0 Å². The zero-order valence-corrected chi connectivity index (χ0v) is 13.2. The predicted molar refractivity (Wildman–Crippen MR) is 82.0 cm³/mol. The normalized spacial score (nSPS) is 23.1. The van der Waals surface area contributed by atoms with Crippen LogP contribution in [-0.2, 0) is 24.1 Å². The topological polar surface area (TPSA) is 39.1 Å². The fourth-order valence-electron chi connectivity index (χ4n) is 2.99. The second-order valence-corrected chi connectivity index (χ2v) is 5.68. The van der Waals surface area contributed by atoms with E-state index in [1.807, 2.05) is 0 Å². The lowest BCUT2D eigenvalue weighted by molar-refractivity contribution is 0.0315. The van der Waals surface area contributed by atoms with Gasteiger partial charge in [-0.2, -0.15) is 5.10 Å². The lowest BCUT2D eigenvalue weighted by Gasteiger charge is -2.32. The molecule has 0 saturated carbocycles. The molecule has 0 amide bonds. The van der Waals surface area contributed by atoms with Gasteiger partial charge < -0.3 is 10.1 Å². The standard InChI is InChI=1S/C16H29N3O/c1-4-8-17-16-7-9-20-12-13(16)10-15-11-14(5-2)18-19(15)6-3/h11,13,16-17H,4-10,12H2,1-3H3. The summed E-state index contributed by atoms with van der Waals surface area (Å²) in [5.74, 6) is 0.571. The molecule has 1 aliphatic rings. The van der Waals surface area contributed by atoms with Crippen molar-refractivity contribution in [1.29, 1.82) is 0 Å². The Morgan fingerprint density at radius 3 is 2.95 bits per heavy atom. The first-order valence-corrected chi connectivity index (χ1v) is 8.15. The molecule has 20 heavy (non-hydrogen) atoms. The Morgan fingerprint density at radius 1 is 1.40 bits per heavy atom. The van der Waals surface area contributed by atoms with Gasteiger partial charge in [0.15, 0.2) is 0 Å². The Hall–Kier alpha value is -0.870. The summed E-state index contributed by atoms with van der Waals surface area (Å²) in [6, 6.07) is 2.86. The zero-order chi connectivity index (χ0) is 14.4. The molecule has 2 unspecified atom stereocenters. The van der Waals surface area contributed by atoms with E-state index in [1.165, 1.54) is 17.8 Å². The van der Waals surface area contributed by atoms with Gasteiger partial charge in [0.05, 0.1) is 12.3 Å². The van der Waals surface area contributed by atoms with Crippen LogP contribution >= 0.6 is 0 Å². The number of ether oxygens (including phenoxy) is 1. The van der Waals surface area contributed by atoms with Crippen molar-refractivity contribution in [2.75, 3.05) is 19.8 Å². The van der Waals surface area contributed by atoms with Crippen molar-refractivity contribution in [2.24, 2.45) is 5.92 Å². The number of hydrogen-bond acceptors (Lipinski definition) is 3. The number of aromatic nitrogens is 2. The Labute approximate surface area is 122 Å². The van der Waals surface area contributed by atoms with E-state index in [9.17, 15) is 0 Å². The molecule has 2 rings (SSSR count). The fourth-order valence-corrected chi connectivity index (χ4v) is 2.99. The van der Waals surface area contributed by atoms with E-state index in [2.05, 4.69) is 41.9 Å². The van der Waals surface area contributed by atoms with Gasteiger partial charge in [0.25, 0.3) is 0 Å². The number of nitrogens with zero attached hydrogens (tertiary/aromatic N) is 2. The molecular formula is C16H29N3O. The van der Waals surface area contributed by atoms with Crippen LogP contribution in [0.25, 0.3) is 0 Å². The number of aryl methyl sites for hydroxylation is 2. The third-order valence-electron chi connectivity index (χ3n) is 4.18. The van der Waals surface area contributed by atoms with E-state index < -0.39 is 0 Å². The van der Waals surface area contributed by atoms with Crippen LogP contribution in [0.2, 0.25) is 0 Å². The minimum Gasteiger partial charge on any atom is -0.381 e. The summed E-state index contributed by atoms with van der Waals surface area (Å²) in [6.45, 7) is 10.4. The third kappa shape index (κ3) is 3.83. The molecule has 4 nitrogen and oxygen atoms in total. The molecule has 0 radical (unpaired) electrons. The first-order chi connectivity index (χ1) is 9.78. The molecular weight excluding hydrogens is 250 g/mol. The third-order valence-corrected chi connectivity index (χ3v) is 4.18. The van der Waals surface area contributed by atoms with Gasteiger partial charge in [-0.25, -0.2) is 0 Å². The van der Waals surface area contributed by atoms with Gasteiger partial charge in [0, 0.05) is 30.8 Å². The lowest BCUT2D eigenvalue weighted by Crippen LogP contribution is -2.44. The van der Waals surface area contributed by atoms with E-state index in [0.29, 0.717) is 12.0 Å². The summed E-state index contributed by atoms with van der Waals surface area (Å²) in [5.41, 5.74) is 2.57. The summed E-state index contributed by atoms with van der Waals surface area (Å²) in [5, 5.41) is 8.35. The first-order valence-electron chi connectivity index (χ1n) is 8.15. The first kappa shape index (κ1) is 15.5. The van der Waals surface area contributed by atoms with E-state index in [1.54, 1.807) is 0 Å². The Kier molecular flexibility index (Phi) is 6.05. The maximum atomic E-state index is 5.70. The van der Waals surface area contributed by atoms with Crippen molar-refractivity contribution in [3.8, 4) is 0 Å². The van der Waals surface area contributed by atoms with E-state index in [-0.39, 0.29) is 0 Å². The second-order valence-electron chi connectivity index (χ2n) is 5.68. The number of nitrogens with one attached hydrogen (secondary N) is 1. The zero-order valence-electron chi connectivity index (χ0n) is 13.2. The largest absolute Gasteiger partial charge is 0.381 e. The van der Waals surface area contributed by atoms with Gasteiger partial charge in [-0.05, 0) is 45.2 Å². The Morgan fingerprint density at radius 2 is 2.25 bits per heavy atom. The highest BCUT2D eigenvalue weighted by molar-refractivity contribution is 5.12. The summed E-state index contributed by atoms with van der Waals surface area (Å²) < 4.78 is 7.86. The molecule has 1 aliphatic heterocycles. The van der Waals surface area contributed by atoms with Crippen molar-refractivity contribution in [1.82, 2.24) is 15.1 Å². The molecule has 1 N–H and O–H groups in total. The molecule has 1 aromatic heterocycles. The highest BCUT2D eigenvalue weighted by Crippen LogP contribution is 2.20. The maximum Gasteiger partial charge on any atom is 0.0624 e. The van der Waals surface area contributed by atoms with Gasteiger partial charge in [0.1, 0.15) is 0 Å². The molecule has 1 saturated heterocycles. The van der Waals surface area contributed by atoms with E-state index >= 15 is 0 Å². The van der Waals surface area contributed by atoms with Gasteiger partial charge in [-0.3, -0.25) is 4.68 Å². The molecule has 1 fully saturated rings. The van der Waals surface area contributed by atoms with E-state index in [0.717, 1.165) is 45.6 Å². The molecule has 0 bridgehead atoms. The molecule has 114 valence electrons. The number of rotatable bonds is 7. The smallest absolute Gasteiger partial charge is 0.0624 e. The number of hydrogen-bond donors (Lipinski definition) is 1. The monoisotopic (exact) mass is 279 g/mol. The molecule has 0 aliphatic carbocycles. The van der Waals surface area contributed by atoms with Crippen LogP contribution in [0.5, 0.6) is 0 Å². The minimum atomic E-state index is 0.571. The van der Waals surface area contributed by atoms with Gasteiger partial charge in [-0.1, -0.05) is 13.8 Å². The maximum absolute atomic E-state index is 5.70. The van der Waals surface area contributed by atoms with Gasteiger partial charge >= 0.3 is 0 Å². The molecule has 0 spiro atoms. The molecule has 2 heterocycles. The van der Waals surface area contributed by atoms with Crippen molar-refractivity contribution >= 4 is 0 Å². The average molecular weight is 279 g/mol. The molecule has 4 heteroatoms. The van der Waals surface area contributed by atoms with Crippen molar-refractivity contribution in [3.63, 3.8) is 0 Å². The van der Waals surface area contributed by atoms with Crippen LogP contribution in [0.4, 0.5) is 0 Å². The summed E-state index contributed by atoms with van der Waals surface area (Å²) in [7, 11) is 0. The van der Waals surface area contributed by atoms with Crippen LogP contribution in [0.1, 0.15) is 45.0 Å². The highest BCUT2D eigenvalue weighted by atomic mass is 16.5. The van der Waals surface area contributed by atoms with Crippen molar-refractivity contribution in [2.45, 2.75) is 59.0 Å². The Bertz CT molecular complexity index is 402. The lowest BCUT2D eigenvalue weighted by atomic mass is 9.91. The highest BCUT2D eigenvalue weighted by Gasteiger charge is 2.26. The second kappa shape index (κ2) is 7.79. The fraction of sp³-hybridized carbons (Fsp3) is 0.812. The van der Waals surface area contributed by atoms with E-state index in [4.69, 9.17) is 4.74 Å². The van der Waals surface area contributed by atoms with Gasteiger partial charge in [0.2, 0.25) is 0 Å². The molecule has 1 aromatic rings. The molecule has 0 aromatic carbocycles. The summed E-state index contributed by atoms with van der Waals surface area (Å²) in [6.07, 6.45) is 4.41. The van der Waals surface area contributed by atoms with Crippen molar-refractivity contribution in [3.05, 3.63) is 17.5 Å². The minimum absolute atomic E-state index is 0.571. The summed E-state index contributed by atoms with van der Waals surface area (Å²) >= 11 is 0. The van der Waals surface area contributed by atoms with Gasteiger partial charge in [-0.15, -0.1) is 0 Å². The SMILES string of the molecule is CCCNC1CCOCC1Cc1cc(CC)nn1CC. The predicted octanol–water partition coefficient (Wildman–Crippen LogP) is 2.41. The van der Waals surface area contributed by atoms with Crippen LogP contribution < -0.4 is 5.32 Å². The quantitative estimate of drug-likeness (QED) is 0.833. The average Bonchev–Trinajstić information content (AvgIpc) is 2.88. The van der Waals surface area contributed by atoms with Crippen LogP contribution in [0, 0.1) is 5.92 Å². The van der Waals surface area contributed by atoms with Crippen molar-refractivity contribution < 1.29 is 4.74 Å². The van der Waals surface area contributed by atoms with Crippen LogP contribution in [0.15, 0.2) is 6.07 Å².